The van der Waals surface area contributed by atoms with Crippen LogP contribution in [0.2, 0.25) is 19.6 Å². The van der Waals surface area contributed by atoms with Gasteiger partial charge in [-0.3, -0.25) is 0 Å². The maximum absolute atomic E-state index is 6.04. The Bertz CT molecular complexity index is 1920. The summed E-state index contributed by atoms with van der Waals surface area (Å²) in [6, 6.07) is 29.2. The second kappa shape index (κ2) is 14.5. The average Bonchev–Trinajstić information content (AvgIpc) is 3.39. The van der Waals surface area contributed by atoms with Crippen molar-refractivity contribution in [2.75, 3.05) is 0 Å². The number of benzene rings is 2. The average molecular weight is 804 g/mol. The molecule has 0 fully saturated rings. The maximum Gasteiger partial charge on any atom is 0.216 e. The summed E-state index contributed by atoms with van der Waals surface area (Å²) in [5, 5.41) is 3.58. The van der Waals surface area contributed by atoms with Crippen molar-refractivity contribution in [2.24, 2.45) is 5.41 Å². The molecule has 0 aliphatic heterocycles. The minimum Gasteiger partial charge on any atom is -0.486 e. The van der Waals surface area contributed by atoms with Gasteiger partial charge < -0.3 is 14.4 Å². The van der Waals surface area contributed by atoms with E-state index < -0.39 is 8.07 Å². The zero-order valence-electron chi connectivity index (χ0n) is 28.6. The van der Waals surface area contributed by atoms with Crippen LogP contribution in [0.4, 0.5) is 0 Å². The second-order valence-corrected chi connectivity index (χ2v) is 19.1. The molecule has 1 radical (unpaired) electrons. The van der Waals surface area contributed by atoms with Gasteiger partial charge in [-0.05, 0) is 59.5 Å². The van der Waals surface area contributed by atoms with E-state index in [9.17, 15) is 0 Å². The minimum atomic E-state index is -1.39. The Balaban J connectivity index is 0.000000205. The van der Waals surface area contributed by atoms with Crippen molar-refractivity contribution in [3.05, 3.63) is 108 Å². The van der Waals surface area contributed by atoms with Crippen LogP contribution in [0.5, 0.6) is 0 Å². The molecular weight excluding hydrogens is 759 g/mol. The molecule has 2 aromatic carbocycles. The predicted molar refractivity (Wildman–Crippen MR) is 192 cm³/mol. The summed E-state index contributed by atoms with van der Waals surface area (Å²) >= 11 is 0. The second-order valence-electron chi connectivity index (χ2n) is 14.1. The fourth-order valence-electron chi connectivity index (χ4n) is 5.51. The van der Waals surface area contributed by atoms with Gasteiger partial charge in [0.1, 0.15) is 0 Å². The van der Waals surface area contributed by atoms with Gasteiger partial charge in [0.25, 0.3) is 0 Å². The molecule has 0 saturated heterocycles. The normalized spacial score (nSPS) is 11.8. The summed E-state index contributed by atoms with van der Waals surface area (Å²) in [4.78, 5) is 13.7. The third-order valence-electron chi connectivity index (χ3n) is 8.55. The number of aryl methyl sites for hydroxylation is 1. The first-order chi connectivity index (χ1) is 21.4. The number of rotatable bonds is 7. The van der Waals surface area contributed by atoms with Crippen LogP contribution in [0.25, 0.3) is 44.6 Å². The van der Waals surface area contributed by atoms with Gasteiger partial charge in [-0.15, -0.1) is 54.1 Å². The van der Waals surface area contributed by atoms with Crippen molar-refractivity contribution in [3.8, 4) is 22.5 Å². The molecular formula is C40H45IrN3OSi-2. The maximum atomic E-state index is 6.04. The number of furan rings is 1. The number of pyridine rings is 3. The van der Waals surface area contributed by atoms with E-state index in [-0.39, 0.29) is 20.1 Å². The summed E-state index contributed by atoms with van der Waals surface area (Å²) in [5.74, 6) is 0.455. The van der Waals surface area contributed by atoms with Gasteiger partial charge in [-0.25, -0.2) is 4.98 Å². The molecule has 46 heavy (non-hydrogen) atoms. The number of aromatic nitrogens is 3. The van der Waals surface area contributed by atoms with E-state index in [1.54, 1.807) is 0 Å². The number of nitrogens with zero attached hydrogens (tertiary/aromatic N) is 3. The summed E-state index contributed by atoms with van der Waals surface area (Å²) < 4.78 is 6.04. The first kappa shape index (κ1) is 35.4. The third kappa shape index (κ3) is 8.09. The van der Waals surface area contributed by atoms with E-state index in [4.69, 9.17) is 9.40 Å². The number of fused-ring (bicyclic) bond motifs is 3. The topological polar surface area (TPSA) is 51.8 Å². The summed E-state index contributed by atoms with van der Waals surface area (Å²) in [5.41, 5.74) is 9.38. The van der Waals surface area contributed by atoms with Crippen LogP contribution in [0.1, 0.15) is 63.8 Å². The van der Waals surface area contributed by atoms with Gasteiger partial charge in [0.05, 0.1) is 13.7 Å². The van der Waals surface area contributed by atoms with Gasteiger partial charge in [-0.1, -0.05) is 94.9 Å². The molecule has 6 heteroatoms. The molecule has 6 aromatic rings. The summed E-state index contributed by atoms with van der Waals surface area (Å²) in [7, 11) is -1.39. The molecule has 0 amide bonds. The zero-order chi connectivity index (χ0) is 32.4. The van der Waals surface area contributed by atoms with Gasteiger partial charge in [0.15, 0.2) is 0 Å². The largest absolute Gasteiger partial charge is 0.486 e. The Labute approximate surface area is 289 Å². The zero-order valence-corrected chi connectivity index (χ0v) is 32.0. The number of hydrogen-bond acceptors (Lipinski definition) is 4. The standard InChI is InChI=1S/C20H17N2O.C20H28NSi.Ir/c1-12(2)14-9-10-21-18(11-14)17-6-4-5-15-16-8-7-13(3)22-20(16)23-19(15)17;1-7-20(2,3)14-17-13-18(16-11-9-8-10-12-16)21-15-19(17)22(4,5)6;/h4-5,7-12H,1-3H3;8-11,13,15H,7,14H2,1-6H3;/q2*-1;. The molecule has 0 atom stereocenters. The molecule has 6 rings (SSSR count). The Morgan fingerprint density at radius 2 is 1.67 bits per heavy atom. The number of hydrogen-bond donors (Lipinski definition) is 0. The Morgan fingerprint density at radius 3 is 2.35 bits per heavy atom. The molecule has 241 valence electrons. The molecule has 4 nitrogen and oxygen atoms in total. The van der Waals surface area contributed by atoms with Crippen molar-refractivity contribution in [1.29, 1.82) is 0 Å². The molecule has 0 spiro atoms. The first-order valence-electron chi connectivity index (χ1n) is 16.0. The van der Waals surface area contributed by atoms with Crippen LogP contribution in [0.3, 0.4) is 0 Å². The van der Waals surface area contributed by atoms with Gasteiger partial charge >= 0.3 is 0 Å². The van der Waals surface area contributed by atoms with E-state index in [1.165, 1.54) is 22.7 Å². The minimum absolute atomic E-state index is 0. The quantitative estimate of drug-likeness (QED) is 0.119. The van der Waals surface area contributed by atoms with Crippen LogP contribution in [-0.2, 0) is 26.5 Å². The molecule has 0 N–H and O–H groups in total. The van der Waals surface area contributed by atoms with Gasteiger partial charge in [0.2, 0.25) is 5.71 Å². The fraction of sp³-hybridized carbons (Fsp3) is 0.325. The smallest absolute Gasteiger partial charge is 0.216 e. The van der Waals surface area contributed by atoms with E-state index in [1.807, 2.05) is 43.5 Å². The van der Waals surface area contributed by atoms with Crippen molar-refractivity contribution in [1.82, 2.24) is 15.0 Å². The SMILES string of the molecule is CCC(C)(C)Cc1cc(-c2[c-]cccc2)ncc1[Si](C)(C)C.Cc1ccc2c(n1)oc1c(-c3cc(C(C)C)ccn3)[c-]ccc12.[Ir]. The Morgan fingerprint density at radius 1 is 0.891 bits per heavy atom. The first-order valence-corrected chi connectivity index (χ1v) is 19.5. The van der Waals surface area contributed by atoms with Gasteiger partial charge in [-0.2, -0.15) is 0 Å². The molecule has 0 saturated carbocycles. The van der Waals surface area contributed by atoms with Crippen molar-refractivity contribution in [3.63, 3.8) is 0 Å². The van der Waals surface area contributed by atoms with Crippen molar-refractivity contribution < 1.29 is 24.5 Å². The van der Waals surface area contributed by atoms with E-state index in [0.717, 1.165) is 51.0 Å². The van der Waals surface area contributed by atoms with Crippen LogP contribution < -0.4 is 5.19 Å². The Hall–Kier alpha value is -3.44. The Kier molecular flexibility index (Phi) is 11.2. The molecule has 4 aromatic heterocycles. The summed E-state index contributed by atoms with van der Waals surface area (Å²) in [6.07, 6.45) is 6.28. The molecule has 4 heterocycles. The third-order valence-corrected chi connectivity index (χ3v) is 10.6. The molecule has 0 aliphatic rings. The van der Waals surface area contributed by atoms with Gasteiger partial charge in [0, 0.05) is 43.6 Å². The van der Waals surface area contributed by atoms with E-state index in [0.29, 0.717) is 17.0 Å². The summed E-state index contributed by atoms with van der Waals surface area (Å²) in [6.45, 7) is 20.5. The molecule has 0 unspecified atom stereocenters. The monoisotopic (exact) mass is 804 g/mol. The fourth-order valence-corrected chi connectivity index (χ4v) is 7.08. The van der Waals surface area contributed by atoms with Crippen molar-refractivity contribution in [2.45, 2.75) is 79.9 Å². The van der Waals surface area contributed by atoms with Crippen LogP contribution in [-0.4, -0.2) is 23.0 Å². The van der Waals surface area contributed by atoms with Crippen LogP contribution in [0.15, 0.2) is 83.5 Å². The van der Waals surface area contributed by atoms with Crippen LogP contribution >= 0.6 is 0 Å². The predicted octanol–water partition coefficient (Wildman–Crippen LogP) is 10.3. The van der Waals surface area contributed by atoms with Crippen LogP contribution in [0, 0.1) is 24.5 Å². The van der Waals surface area contributed by atoms with E-state index >= 15 is 0 Å². The van der Waals surface area contributed by atoms with Crippen molar-refractivity contribution >= 4 is 35.3 Å². The molecule has 0 bridgehead atoms. The molecule has 0 aliphatic carbocycles. The van der Waals surface area contributed by atoms with E-state index in [2.05, 4.69) is 119 Å².